The van der Waals surface area contributed by atoms with Gasteiger partial charge < -0.3 is 14.6 Å². The molecule has 16 heavy (non-hydrogen) atoms. The smallest absolute Gasteiger partial charge is 0.336 e. The average molecular weight is 218 g/mol. The Morgan fingerprint density at radius 1 is 1.12 bits per heavy atom. The third kappa shape index (κ3) is 1.34. The average Bonchev–Trinajstić information content (AvgIpc) is 3.03. The first kappa shape index (κ1) is 9.27. The zero-order valence-electron chi connectivity index (χ0n) is 8.43. The summed E-state index contributed by atoms with van der Waals surface area (Å²) >= 11 is 0. The number of phenolic OH excluding ortho intramolecular Hbond substituents is 2. The fourth-order valence-electron chi connectivity index (χ4n) is 1.94. The van der Waals surface area contributed by atoms with E-state index in [1.807, 2.05) is 0 Å². The molecule has 0 atom stereocenters. The molecular formula is C12H10O4. The summed E-state index contributed by atoms with van der Waals surface area (Å²) in [4.78, 5) is 11.3. The van der Waals surface area contributed by atoms with Crippen LogP contribution in [0.2, 0.25) is 0 Å². The Balaban J connectivity index is 2.40. The highest BCUT2D eigenvalue weighted by Gasteiger charge is 2.26. The van der Waals surface area contributed by atoms with Gasteiger partial charge in [0.05, 0.1) is 0 Å². The van der Waals surface area contributed by atoms with E-state index in [9.17, 15) is 15.0 Å². The quantitative estimate of drug-likeness (QED) is 0.568. The van der Waals surface area contributed by atoms with Crippen LogP contribution in [-0.4, -0.2) is 10.2 Å². The highest BCUT2D eigenvalue weighted by Crippen LogP contribution is 2.44. The number of rotatable bonds is 1. The van der Waals surface area contributed by atoms with E-state index in [0.717, 1.165) is 18.4 Å². The second-order valence-electron chi connectivity index (χ2n) is 4.13. The summed E-state index contributed by atoms with van der Waals surface area (Å²) in [5, 5.41) is 19.5. The lowest BCUT2D eigenvalue weighted by atomic mass is 10.1. The fraction of sp³-hybridized carbons (Fsp3) is 0.250. The molecule has 0 aliphatic heterocycles. The molecule has 4 nitrogen and oxygen atoms in total. The van der Waals surface area contributed by atoms with Crippen molar-refractivity contribution in [1.29, 1.82) is 0 Å². The second-order valence-corrected chi connectivity index (χ2v) is 4.13. The first-order valence-electron chi connectivity index (χ1n) is 5.15. The molecule has 1 aromatic carbocycles. The van der Waals surface area contributed by atoms with Gasteiger partial charge in [-0.05, 0) is 30.4 Å². The predicted molar refractivity (Wildman–Crippen MR) is 57.8 cm³/mol. The minimum absolute atomic E-state index is 0.191. The molecule has 0 saturated heterocycles. The van der Waals surface area contributed by atoms with Crippen LogP contribution in [0, 0.1) is 0 Å². The molecule has 1 aromatic heterocycles. The molecule has 2 aromatic rings. The van der Waals surface area contributed by atoms with Gasteiger partial charge in [-0.25, -0.2) is 4.79 Å². The van der Waals surface area contributed by atoms with Crippen molar-refractivity contribution >= 4 is 11.0 Å². The summed E-state index contributed by atoms with van der Waals surface area (Å²) in [5.41, 5.74) is 0.811. The SMILES string of the molecule is O=c1cc(C2CC2)c2cc(O)c(O)cc2o1. The zero-order chi connectivity index (χ0) is 11.3. The minimum Gasteiger partial charge on any atom is -0.504 e. The maximum atomic E-state index is 11.3. The van der Waals surface area contributed by atoms with Crippen molar-refractivity contribution in [3.63, 3.8) is 0 Å². The molecule has 82 valence electrons. The van der Waals surface area contributed by atoms with Crippen molar-refractivity contribution < 1.29 is 14.6 Å². The van der Waals surface area contributed by atoms with Crippen LogP contribution in [0.3, 0.4) is 0 Å². The van der Waals surface area contributed by atoms with Crippen molar-refractivity contribution in [3.05, 3.63) is 34.2 Å². The van der Waals surface area contributed by atoms with Gasteiger partial charge in [-0.15, -0.1) is 0 Å². The summed E-state index contributed by atoms with van der Waals surface area (Å²) in [7, 11) is 0. The van der Waals surface area contributed by atoms with Crippen LogP contribution in [-0.2, 0) is 0 Å². The van der Waals surface area contributed by atoms with Crippen molar-refractivity contribution in [1.82, 2.24) is 0 Å². The molecule has 1 fully saturated rings. The summed E-state index contributed by atoms with van der Waals surface area (Å²) in [6.45, 7) is 0. The van der Waals surface area contributed by atoms with Crippen LogP contribution < -0.4 is 5.63 Å². The van der Waals surface area contributed by atoms with Crippen LogP contribution in [0.25, 0.3) is 11.0 Å². The van der Waals surface area contributed by atoms with E-state index in [1.54, 1.807) is 0 Å². The van der Waals surface area contributed by atoms with Gasteiger partial charge in [0, 0.05) is 17.5 Å². The van der Waals surface area contributed by atoms with E-state index in [-0.39, 0.29) is 11.5 Å². The molecule has 2 N–H and O–H groups in total. The predicted octanol–water partition coefficient (Wildman–Crippen LogP) is 2.08. The van der Waals surface area contributed by atoms with Crippen molar-refractivity contribution in [2.75, 3.05) is 0 Å². The monoisotopic (exact) mass is 218 g/mol. The van der Waals surface area contributed by atoms with E-state index >= 15 is 0 Å². The first-order chi connectivity index (χ1) is 7.65. The molecule has 4 heteroatoms. The topological polar surface area (TPSA) is 70.7 Å². The molecule has 0 bridgehead atoms. The number of phenols is 2. The van der Waals surface area contributed by atoms with E-state index in [1.165, 1.54) is 18.2 Å². The Hall–Kier alpha value is -1.97. The number of hydrogen-bond donors (Lipinski definition) is 2. The highest BCUT2D eigenvalue weighted by atomic mass is 16.4. The molecule has 0 amide bonds. The van der Waals surface area contributed by atoms with Crippen LogP contribution in [0.4, 0.5) is 0 Å². The van der Waals surface area contributed by atoms with Crippen LogP contribution in [0.15, 0.2) is 27.4 Å². The summed E-state index contributed by atoms with van der Waals surface area (Å²) in [5.74, 6) is -0.0811. The standard InChI is InChI=1S/C12H10O4/c13-9-3-8-7(6-1-2-6)4-12(15)16-11(8)5-10(9)14/h3-6,13-14H,1-2H2. The maximum absolute atomic E-state index is 11.3. The number of fused-ring (bicyclic) bond motifs is 1. The lowest BCUT2D eigenvalue weighted by Gasteiger charge is -2.05. The number of aromatic hydroxyl groups is 2. The number of hydrogen-bond acceptors (Lipinski definition) is 4. The van der Waals surface area contributed by atoms with Gasteiger partial charge in [-0.1, -0.05) is 0 Å². The molecular weight excluding hydrogens is 208 g/mol. The summed E-state index contributed by atoms with van der Waals surface area (Å²) in [6.07, 6.45) is 2.11. The minimum atomic E-state index is -0.417. The van der Waals surface area contributed by atoms with Crippen LogP contribution in [0.1, 0.15) is 24.3 Å². The van der Waals surface area contributed by atoms with Gasteiger partial charge in [-0.2, -0.15) is 0 Å². The molecule has 3 rings (SSSR count). The van der Waals surface area contributed by atoms with Gasteiger partial charge in [-0.3, -0.25) is 0 Å². The van der Waals surface area contributed by atoms with E-state index in [4.69, 9.17) is 4.42 Å². The molecule has 1 aliphatic rings. The highest BCUT2D eigenvalue weighted by molar-refractivity contribution is 5.84. The Bertz CT molecular complexity index is 623. The Morgan fingerprint density at radius 3 is 2.50 bits per heavy atom. The van der Waals surface area contributed by atoms with E-state index in [2.05, 4.69) is 0 Å². The lowest BCUT2D eigenvalue weighted by Crippen LogP contribution is -1.99. The van der Waals surface area contributed by atoms with Crippen molar-refractivity contribution in [2.24, 2.45) is 0 Å². The lowest BCUT2D eigenvalue weighted by molar-refractivity contribution is 0.403. The normalized spacial score (nSPS) is 15.5. The van der Waals surface area contributed by atoms with Gasteiger partial charge in [0.2, 0.25) is 0 Å². The third-order valence-electron chi connectivity index (χ3n) is 2.89. The third-order valence-corrected chi connectivity index (χ3v) is 2.89. The first-order valence-corrected chi connectivity index (χ1v) is 5.15. The largest absolute Gasteiger partial charge is 0.504 e. The van der Waals surface area contributed by atoms with Crippen molar-refractivity contribution in [2.45, 2.75) is 18.8 Å². The Labute approximate surface area is 90.8 Å². The van der Waals surface area contributed by atoms with Crippen LogP contribution >= 0.6 is 0 Å². The maximum Gasteiger partial charge on any atom is 0.336 e. The molecule has 1 saturated carbocycles. The van der Waals surface area contributed by atoms with Gasteiger partial charge in [0.15, 0.2) is 11.5 Å². The van der Waals surface area contributed by atoms with Crippen LogP contribution in [0.5, 0.6) is 11.5 Å². The van der Waals surface area contributed by atoms with Gasteiger partial charge >= 0.3 is 5.63 Å². The number of benzene rings is 1. The fourth-order valence-corrected chi connectivity index (χ4v) is 1.94. The molecule has 0 unspecified atom stereocenters. The summed E-state index contributed by atoms with van der Waals surface area (Å²) in [6, 6.07) is 4.19. The summed E-state index contributed by atoms with van der Waals surface area (Å²) < 4.78 is 4.99. The van der Waals surface area contributed by atoms with E-state index in [0.29, 0.717) is 16.9 Å². The molecule has 1 heterocycles. The molecule has 0 spiro atoms. The Morgan fingerprint density at radius 2 is 1.81 bits per heavy atom. The zero-order valence-corrected chi connectivity index (χ0v) is 8.43. The van der Waals surface area contributed by atoms with Gasteiger partial charge in [0.1, 0.15) is 5.58 Å². The van der Waals surface area contributed by atoms with Crippen molar-refractivity contribution in [3.8, 4) is 11.5 Å². The van der Waals surface area contributed by atoms with Gasteiger partial charge in [0.25, 0.3) is 0 Å². The molecule has 0 radical (unpaired) electrons. The van der Waals surface area contributed by atoms with E-state index < -0.39 is 5.63 Å². The Kier molecular flexibility index (Phi) is 1.74. The second kappa shape index (κ2) is 3.01. The molecule has 1 aliphatic carbocycles.